The van der Waals surface area contributed by atoms with Crippen molar-refractivity contribution in [2.75, 3.05) is 7.11 Å². The Balaban J connectivity index is 1.76. The fraction of sp³-hybridized carbons (Fsp3) is 0.391. The van der Waals surface area contributed by atoms with Gasteiger partial charge in [-0.15, -0.1) is 6.58 Å². The van der Waals surface area contributed by atoms with E-state index in [9.17, 15) is 8.78 Å². The molecule has 0 aromatic heterocycles. The second-order valence-corrected chi connectivity index (χ2v) is 7.06. The van der Waals surface area contributed by atoms with Gasteiger partial charge < -0.3 is 4.74 Å². The van der Waals surface area contributed by atoms with Crippen molar-refractivity contribution in [2.45, 2.75) is 50.5 Å². The second-order valence-electron chi connectivity index (χ2n) is 7.06. The minimum Gasteiger partial charge on any atom is -0.381 e. The number of allylic oxidation sites excluding steroid dienone is 1. The lowest BCUT2D eigenvalue weighted by molar-refractivity contribution is 0.0659. The Bertz CT molecular complexity index is 744. The van der Waals surface area contributed by atoms with Crippen LogP contribution in [0, 0.1) is 11.6 Å². The van der Waals surface area contributed by atoms with Crippen molar-refractivity contribution in [3.63, 3.8) is 0 Å². The van der Waals surface area contributed by atoms with E-state index in [-0.39, 0.29) is 0 Å². The van der Waals surface area contributed by atoms with Gasteiger partial charge in [-0.3, -0.25) is 0 Å². The minimum absolute atomic E-state index is 0.319. The standard InChI is InChI=1S/C23H26F2O/c1-3-4-5-19-12-15-21(23(25)22(19)24)18-8-6-16(7-9-18)17-10-13-20(26-2)14-11-17/h3,6-9,12,15,17,20H,1,4-5,10-11,13-14H2,2H3. The zero-order valence-electron chi connectivity index (χ0n) is 15.3. The molecule has 0 aliphatic heterocycles. The largest absolute Gasteiger partial charge is 0.381 e. The summed E-state index contributed by atoms with van der Waals surface area (Å²) in [5.41, 5.74) is 2.70. The molecule has 1 nitrogen and oxygen atoms in total. The van der Waals surface area contributed by atoms with Gasteiger partial charge in [0.05, 0.1) is 6.10 Å². The van der Waals surface area contributed by atoms with Crippen LogP contribution in [0.5, 0.6) is 0 Å². The number of halogens is 2. The summed E-state index contributed by atoms with van der Waals surface area (Å²) in [5.74, 6) is -0.982. The average molecular weight is 356 g/mol. The van der Waals surface area contributed by atoms with Gasteiger partial charge in [-0.25, -0.2) is 8.78 Å². The van der Waals surface area contributed by atoms with Crippen molar-refractivity contribution >= 4 is 0 Å². The van der Waals surface area contributed by atoms with E-state index in [1.165, 1.54) is 5.56 Å². The van der Waals surface area contributed by atoms with Gasteiger partial charge in [0.15, 0.2) is 11.6 Å². The minimum atomic E-state index is -0.764. The molecule has 138 valence electrons. The fourth-order valence-corrected chi connectivity index (χ4v) is 3.83. The zero-order valence-corrected chi connectivity index (χ0v) is 15.3. The monoisotopic (exact) mass is 356 g/mol. The lowest BCUT2D eigenvalue weighted by Crippen LogP contribution is -2.19. The maximum atomic E-state index is 14.5. The first-order chi connectivity index (χ1) is 12.6. The highest BCUT2D eigenvalue weighted by Gasteiger charge is 2.22. The van der Waals surface area contributed by atoms with E-state index in [0.717, 1.165) is 25.7 Å². The Labute approximate surface area is 154 Å². The third-order valence-electron chi connectivity index (χ3n) is 5.48. The van der Waals surface area contributed by atoms with E-state index in [1.807, 2.05) is 12.1 Å². The number of methoxy groups -OCH3 is 1. The highest BCUT2D eigenvalue weighted by Crippen LogP contribution is 2.35. The van der Waals surface area contributed by atoms with E-state index in [1.54, 1.807) is 25.3 Å². The van der Waals surface area contributed by atoms with Gasteiger partial charge in [-0.05, 0) is 61.1 Å². The van der Waals surface area contributed by atoms with Crippen LogP contribution in [0.15, 0.2) is 49.1 Å². The molecule has 0 amide bonds. The van der Waals surface area contributed by atoms with E-state index in [4.69, 9.17) is 4.74 Å². The van der Waals surface area contributed by atoms with Crippen molar-refractivity contribution in [1.82, 2.24) is 0 Å². The third kappa shape index (κ3) is 4.04. The SMILES string of the molecule is C=CCCc1ccc(-c2ccc(C3CCC(OC)CC3)cc2)c(F)c1F. The highest BCUT2D eigenvalue weighted by atomic mass is 19.2. The Morgan fingerprint density at radius 3 is 2.31 bits per heavy atom. The quantitative estimate of drug-likeness (QED) is 0.542. The van der Waals surface area contributed by atoms with Crippen LogP contribution >= 0.6 is 0 Å². The molecule has 2 aromatic rings. The first-order valence-corrected chi connectivity index (χ1v) is 9.35. The van der Waals surface area contributed by atoms with Crippen molar-refractivity contribution in [3.05, 3.63) is 71.8 Å². The summed E-state index contributed by atoms with van der Waals surface area (Å²) in [7, 11) is 1.77. The molecular formula is C23H26F2O. The number of hydrogen-bond donors (Lipinski definition) is 0. The Hall–Kier alpha value is -2.00. The molecule has 0 spiro atoms. The van der Waals surface area contributed by atoms with Gasteiger partial charge in [-0.1, -0.05) is 42.5 Å². The van der Waals surface area contributed by atoms with Crippen LogP contribution in [-0.2, 0) is 11.2 Å². The van der Waals surface area contributed by atoms with Crippen molar-refractivity contribution in [2.24, 2.45) is 0 Å². The zero-order chi connectivity index (χ0) is 18.5. The summed E-state index contributed by atoms with van der Waals surface area (Å²) in [4.78, 5) is 0. The van der Waals surface area contributed by atoms with Crippen LogP contribution in [0.25, 0.3) is 11.1 Å². The lowest BCUT2D eigenvalue weighted by atomic mass is 9.82. The average Bonchev–Trinajstić information content (AvgIpc) is 2.69. The van der Waals surface area contributed by atoms with Crippen molar-refractivity contribution in [1.29, 1.82) is 0 Å². The summed E-state index contributed by atoms with van der Waals surface area (Å²) < 4.78 is 34.2. The summed E-state index contributed by atoms with van der Waals surface area (Å²) in [6, 6.07) is 11.3. The van der Waals surface area contributed by atoms with Gasteiger partial charge in [-0.2, -0.15) is 0 Å². The molecule has 1 aliphatic carbocycles. The van der Waals surface area contributed by atoms with Gasteiger partial charge in [0, 0.05) is 12.7 Å². The lowest BCUT2D eigenvalue weighted by Gasteiger charge is -2.28. The highest BCUT2D eigenvalue weighted by molar-refractivity contribution is 5.65. The Kier molecular flexibility index (Phi) is 6.20. The Morgan fingerprint density at radius 1 is 1.00 bits per heavy atom. The van der Waals surface area contributed by atoms with Crippen LogP contribution in [0.4, 0.5) is 8.78 Å². The van der Waals surface area contributed by atoms with E-state index in [0.29, 0.717) is 41.6 Å². The maximum Gasteiger partial charge on any atom is 0.166 e. The van der Waals surface area contributed by atoms with Crippen LogP contribution < -0.4 is 0 Å². The van der Waals surface area contributed by atoms with Gasteiger partial charge in [0.25, 0.3) is 0 Å². The topological polar surface area (TPSA) is 9.23 Å². The molecule has 0 atom stereocenters. The van der Waals surface area contributed by atoms with E-state index < -0.39 is 11.6 Å². The molecule has 26 heavy (non-hydrogen) atoms. The molecular weight excluding hydrogens is 330 g/mol. The molecule has 0 bridgehead atoms. The molecule has 1 saturated carbocycles. The fourth-order valence-electron chi connectivity index (χ4n) is 3.83. The maximum absolute atomic E-state index is 14.5. The van der Waals surface area contributed by atoms with Crippen LogP contribution in [0.3, 0.4) is 0 Å². The molecule has 0 radical (unpaired) electrons. The molecule has 0 unspecified atom stereocenters. The normalized spacial score (nSPS) is 20.1. The summed E-state index contributed by atoms with van der Waals surface area (Å²) in [6.45, 7) is 3.63. The summed E-state index contributed by atoms with van der Waals surface area (Å²) in [6.07, 6.45) is 7.57. The third-order valence-corrected chi connectivity index (χ3v) is 5.48. The molecule has 1 aliphatic rings. The number of benzene rings is 2. The molecule has 0 heterocycles. The smallest absolute Gasteiger partial charge is 0.166 e. The predicted molar refractivity (Wildman–Crippen MR) is 102 cm³/mol. The van der Waals surface area contributed by atoms with Crippen LogP contribution in [0.1, 0.15) is 49.1 Å². The number of ether oxygens (including phenoxy) is 1. The van der Waals surface area contributed by atoms with Gasteiger partial charge >= 0.3 is 0 Å². The van der Waals surface area contributed by atoms with Gasteiger partial charge in [0.1, 0.15) is 0 Å². The second kappa shape index (κ2) is 8.59. The van der Waals surface area contributed by atoms with E-state index in [2.05, 4.69) is 18.7 Å². The van der Waals surface area contributed by atoms with E-state index >= 15 is 0 Å². The van der Waals surface area contributed by atoms with Crippen LogP contribution in [-0.4, -0.2) is 13.2 Å². The van der Waals surface area contributed by atoms with Crippen molar-refractivity contribution < 1.29 is 13.5 Å². The number of hydrogen-bond acceptors (Lipinski definition) is 1. The molecule has 3 heteroatoms. The molecule has 1 fully saturated rings. The van der Waals surface area contributed by atoms with Crippen molar-refractivity contribution in [3.8, 4) is 11.1 Å². The first-order valence-electron chi connectivity index (χ1n) is 9.35. The summed E-state index contributed by atoms with van der Waals surface area (Å²) >= 11 is 0. The Morgan fingerprint density at radius 2 is 1.69 bits per heavy atom. The summed E-state index contributed by atoms with van der Waals surface area (Å²) in [5, 5.41) is 0. The predicted octanol–water partition coefficient (Wildman–Crippen LogP) is 6.42. The number of aryl methyl sites for hydroxylation is 1. The molecule has 2 aromatic carbocycles. The first kappa shape index (κ1) is 18.8. The molecule has 3 rings (SSSR count). The number of rotatable bonds is 6. The van der Waals surface area contributed by atoms with Gasteiger partial charge in [0.2, 0.25) is 0 Å². The van der Waals surface area contributed by atoms with Crippen LogP contribution in [0.2, 0.25) is 0 Å². The molecule has 0 saturated heterocycles. The molecule has 0 N–H and O–H groups in total.